The minimum absolute atomic E-state index is 0.0609. The van der Waals surface area contributed by atoms with E-state index in [1.807, 2.05) is 48.5 Å². The maximum absolute atomic E-state index is 13.7. The van der Waals surface area contributed by atoms with Crippen LogP contribution in [0.2, 0.25) is 5.02 Å². The van der Waals surface area contributed by atoms with Crippen molar-refractivity contribution in [1.29, 1.82) is 5.26 Å². The molecule has 1 aromatic heterocycles. The topological polar surface area (TPSA) is 81.3 Å². The molecule has 2 N–H and O–H groups in total. The van der Waals surface area contributed by atoms with Crippen LogP contribution in [-0.4, -0.2) is 37.0 Å². The fraction of sp³-hybridized carbons (Fsp3) is 0.368. The van der Waals surface area contributed by atoms with Gasteiger partial charge in [-0.05, 0) is 119 Å². The number of furan rings is 1. The third kappa shape index (κ3) is 9.08. The Morgan fingerprint density at radius 2 is 1.87 bits per heavy atom. The zero-order valence-corrected chi connectivity index (χ0v) is 27.2. The zero-order chi connectivity index (χ0) is 31.8. The van der Waals surface area contributed by atoms with E-state index in [9.17, 15) is 10.1 Å². The average molecular weight is 623 g/mol. The molecule has 1 amide bonds. The summed E-state index contributed by atoms with van der Waals surface area (Å²) < 4.78 is 6.18. The van der Waals surface area contributed by atoms with E-state index >= 15 is 0 Å². The molecule has 7 heteroatoms. The number of halogens is 1. The monoisotopic (exact) mass is 622 g/mol. The number of benzene rings is 3. The van der Waals surface area contributed by atoms with Gasteiger partial charge < -0.3 is 20.0 Å². The van der Waals surface area contributed by atoms with Gasteiger partial charge in [0.15, 0.2) is 0 Å². The second-order valence-corrected chi connectivity index (χ2v) is 12.9. The highest BCUT2D eigenvalue weighted by atomic mass is 35.5. The van der Waals surface area contributed by atoms with Crippen LogP contribution in [0.4, 0.5) is 0 Å². The van der Waals surface area contributed by atoms with Gasteiger partial charge in [0, 0.05) is 24.2 Å². The fourth-order valence-electron chi connectivity index (χ4n) is 6.14. The molecule has 3 aromatic carbocycles. The van der Waals surface area contributed by atoms with Crippen LogP contribution in [0.1, 0.15) is 77.0 Å². The van der Waals surface area contributed by atoms with Crippen LogP contribution >= 0.6 is 11.6 Å². The smallest absolute Gasteiger partial charge is 0.253 e. The molecule has 2 heterocycles. The summed E-state index contributed by atoms with van der Waals surface area (Å²) >= 11 is 6.59. The van der Waals surface area contributed by atoms with E-state index in [4.69, 9.17) is 16.0 Å². The maximum Gasteiger partial charge on any atom is 0.253 e. The van der Waals surface area contributed by atoms with E-state index in [0.717, 1.165) is 42.8 Å². The molecule has 45 heavy (non-hydrogen) atoms. The largest absolute Gasteiger partial charge is 0.460 e. The van der Waals surface area contributed by atoms with E-state index in [0.29, 0.717) is 40.8 Å². The fourth-order valence-corrected chi connectivity index (χ4v) is 6.34. The molecule has 1 saturated heterocycles. The number of hydrogen-bond acceptors (Lipinski definition) is 5. The van der Waals surface area contributed by atoms with Crippen LogP contribution < -0.4 is 10.6 Å². The molecule has 5 rings (SSSR count). The lowest BCUT2D eigenvalue weighted by Crippen LogP contribution is -2.38. The van der Waals surface area contributed by atoms with Gasteiger partial charge in [-0.3, -0.25) is 4.79 Å². The van der Waals surface area contributed by atoms with Gasteiger partial charge in [0.1, 0.15) is 11.5 Å². The molecule has 0 unspecified atom stereocenters. The highest BCUT2D eigenvalue weighted by molar-refractivity contribution is 6.34. The van der Waals surface area contributed by atoms with Gasteiger partial charge in [0.25, 0.3) is 5.91 Å². The number of nitrogens with one attached hydrogen (secondary N) is 2. The van der Waals surface area contributed by atoms with Crippen LogP contribution in [0.3, 0.4) is 0 Å². The number of carbonyl (C=O) groups is 1. The summed E-state index contributed by atoms with van der Waals surface area (Å²) in [6.45, 7) is 7.06. The Hall–Kier alpha value is -3.89. The van der Waals surface area contributed by atoms with Crippen molar-refractivity contribution in [3.63, 3.8) is 0 Å². The molecule has 1 fully saturated rings. The van der Waals surface area contributed by atoms with Crippen molar-refractivity contribution < 1.29 is 9.21 Å². The van der Waals surface area contributed by atoms with Crippen molar-refractivity contribution in [3.8, 4) is 17.4 Å². The van der Waals surface area contributed by atoms with Crippen LogP contribution in [-0.2, 0) is 13.0 Å². The maximum atomic E-state index is 13.7. The number of nitriles is 1. The Morgan fingerprint density at radius 1 is 1.09 bits per heavy atom. The molecule has 234 valence electrons. The van der Waals surface area contributed by atoms with Gasteiger partial charge >= 0.3 is 0 Å². The number of rotatable bonds is 12. The summed E-state index contributed by atoms with van der Waals surface area (Å²) in [5.41, 5.74) is 5.42. The summed E-state index contributed by atoms with van der Waals surface area (Å²) in [5.74, 6) is 1.94. The predicted octanol–water partition coefficient (Wildman–Crippen LogP) is 8.09. The molecule has 0 radical (unpaired) electrons. The Balaban J connectivity index is 1.26. The number of carbonyl (C=O) groups excluding carboxylic acids is 1. The van der Waals surface area contributed by atoms with E-state index < -0.39 is 0 Å². The molecule has 0 aliphatic carbocycles. The predicted molar refractivity (Wildman–Crippen MR) is 181 cm³/mol. The summed E-state index contributed by atoms with van der Waals surface area (Å²) in [7, 11) is 2.18. The third-order valence-corrected chi connectivity index (χ3v) is 9.19. The number of piperidine rings is 1. The minimum atomic E-state index is -0.193. The number of hydrogen-bond donors (Lipinski definition) is 2. The number of likely N-dealkylation sites (tertiary alicyclic amines) is 1. The third-order valence-electron chi connectivity index (χ3n) is 8.86. The quantitative estimate of drug-likeness (QED) is 0.167. The molecule has 0 bridgehead atoms. The molecule has 4 aromatic rings. The summed E-state index contributed by atoms with van der Waals surface area (Å²) in [5, 5.41) is 16.4. The number of aryl methyl sites for hydroxylation is 1. The standard InChI is InChI=1S/C38H43ClN4O2/c1-26-6-13-31(14-7-26)27(2)41-24-34-17-19-37(45-34)32-15-18-36(39)35(22-32)38(44)42-33(16-12-30-5-4-20-43(3)25-30)21-28-8-10-29(23-40)11-9-28/h6-11,13-15,17-19,22,27,30,33,41H,4-5,12,16,20-21,24-25H2,1-3H3,(H,42,44)/t27-,30-,33+/m1/s1. The molecule has 1 aliphatic heterocycles. The first-order chi connectivity index (χ1) is 21.8. The van der Waals surface area contributed by atoms with E-state index in [1.165, 1.54) is 24.0 Å². The van der Waals surface area contributed by atoms with Crippen molar-refractivity contribution in [1.82, 2.24) is 15.5 Å². The van der Waals surface area contributed by atoms with Crippen molar-refractivity contribution in [2.24, 2.45) is 5.92 Å². The lowest BCUT2D eigenvalue weighted by atomic mass is 9.90. The SMILES string of the molecule is Cc1ccc([C@@H](C)NCc2ccc(-c3ccc(Cl)c(C(=O)N[C@@H](CC[C@H]4CCCN(C)C4)Cc4ccc(C#N)cc4)c3)o2)cc1. The summed E-state index contributed by atoms with van der Waals surface area (Å²) in [4.78, 5) is 16.1. The number of amides is 1. The van der Waals surface area contributed by atoms with E-state index in [-0.39, 0.29) is 18.0 Å². The van der Waals surface area contributed by atoms with Gasteiger partial charge in [-0.15, -0.1) is 0 Å². The van der Waals surface area contributed by atoms with Gasteiger partial charge in [-0.2, -0.15) is 5.26 Å². The minimum Gasteiger partial charge on any atom is -0.460 e. The van der Waals surface area contributed by atoms with Gasteiger partial charge in [0.2, 0.25) is 0 Å². The number of nitrogens with zero attached hydrogens (tertiary/aromatic N) is 2. The lowest BCUT2D eigenvalue weighted by Gasteiger charge is -2.31. The van der Waals surface area contributed by atoms with Crippen LogP contribution in [0, 0.1) is 24.2 Å². The van der Waals surface area contributed by atoms with E-state index in [2.05, 4.69) is 66.8 Å². The second-order valence-electron chi connectivity index (χ2n) is 12.5. The Bertz CT molecular complexity index is 1610. The lowest BCUT2D eigenvalue weighted by molar-refractivity contribution is 0.0931. The highest BCUT2D eigenvalue weighted by Crippen LogP contribution is 2.28. The van der Waals surface area contributed by atoms with Crippen molar-refractivity contribution >= 4 is 17.5 Å². The van der Waals surface area contributed by atoms with Crippen LogP contribution in [0.15, 0.2) is 83.3 Å². The van der Waals surface area contributed by atoms with E-state index in [1.54, 1.807) is 6.07 Å². The van der Waals surface area contributed by atoms with Crippen molar-refractivity contribution in [2.45, 2.75) is 64.6 Å². The Labute approximate surface area is 272 Å². The highest BCUT2D eigenvalue weighted by Gasteiger charge is 2.22. The molecule has 0 saturated carbocycles. The van der Waals surface area contributed by atoms with Gasteiger partial charge in [0.05, 0.1) is 28.8 Å². The molecule has 1 aliphatic rings. The second kappa shape index (κ2) is 15.4. The first kappa shape index (κ1) is 32.5. The molecular weight excluding hydrogens is 580 g/mol. The molecule has 6 nitrogen and oxygen atoms in total. The summed E-state index contributed by atoms with van der Waals surface area (Å²) in [6.07, 6.45) is 5.04. The zero-order valence-electron chi connectivity index (χ0n) is 26.5. The first-order valence-electron chi connectivity index (χ1n) is 15.9. The average Bonchev–Trinajstić information content (AvgIpc) is 3.52. The van der Waals surface area contributed by atoms with Crippen molar-refractivity contribution in [2.75, 3.05) is 20.1 Å². The molecule has 3 atom stereocenters. The van der Waals surface area contributed by atoms with Gasteiger partial charge in [-0.25, -0.2) is 0 Å². The van der Waals surface area contributed by atoms with Crippen molar-refractivity contribution in [3.05, 3.63) is 117 Å². The van der Waals surface area contributed by atoms with Gasteiger partial charge in [-0.1, -0.05) is 53.6 Å². The summed E-state index contributed by atoms with van der Waals surface area (Å²) in [6, 6.07) is 27.8. The normalized spacial score (nSPS) is 16.6. The van der Waals surface area contributed by atoms with Crippen LogP contribution in [0.5, 0.6) is 0 Å². The Morgan fingerprint density at radius 3 is 2.60 bits per heavy atom. The molecule has 0 spiro atoms. The molecular formula is C38H43ClN4O2. The van der Waals surface area contributed by atoms with Crippen LogP contribution in [0.25, 0.3) is 11.3 Å². The first-order valence-corrected chi connectivity index (χ1v) is 16.3. The Kier molecular flexibility index (Phi) is 11.1.